The van der Waals surface area contributed by atoms with Crippen molar-refractivity contribution in [2.24, 2.45) is 11.7 Å². The highest BCUT2D eigenvalue weighted by molar-refractivity contribution is 5.90. The van der Waals surface area contributed by atoms with Gasteiger partial charge in [0.25, 0.3) is 0 Å². The molecule has 0 aliphatic carbocycles. The van der Waals surface area contributed by atoms with Crippen LogP contribution in [-0.4, -0.2) is 36.3 Å². The average Bonchev–Trinajstić information content (AvgIpc) is 2.48. The Morgan fingerprint density at radius 2 is 2.00 bits per heavy atom. The van der Waals surface area contributed by atoms with Crippen molar-refractivity contribution < 1.29 is 9.59 Å². The summed E-state index contributed by atoms with van der Waals surface area (Å²) in [5.41, 5.74) is 12.3. The predicted molar refractivity (Wildman–Crippen MR) is 82.5 cm³/mol. The molecule has 1 fully saturated rings. The number of carbonyl (C=O) groups excluding carboxylic acids is 2. The molecule has 2 amide bonds. The van der Waals surface area contributed by atoms with Gasteiger partial charge in [0, 0.05) is 30.9 Å². The molecule has 6 heteroatoms. The summed E-state index contributed by atoms with van der Waals surface area (Å²) in [6, 6.07) is 7.05. The van der Waals surface area contributed by atoms with Gasteiger partial charge < -0.3 is 21.7 Å². The molecule has 1 aromatic rings. The molecular formula is C15H22N4O2. The van der Waals surface area contributed by atoms with Crippen LogP contribution in [0.3, 0.4) is 0 Å². The molecule has 6 nitrogen and oxygen atoms in total. The van der Waals surface area contributed by atoms with Gasteiger partial charge in [0.15, 0.2) is 0 Å². The van der Waals surface area contributed by atoms with Gasteiger partial charge in [-0.3, -0.25) is 9.59 Å². The summed E-state index contributed by atoms with van der Waals surface area (Å²) in [5, 5.41) is 2.83. The molecule has 1 saturated heterocycles. The normalized spacial score (nSPS) is 19.1. The van der Waals surface area contributed by atoms with Crippen molar-refractivity contribution >= 4 is 23.2 Å². The predicted octanol–water partition coefficient (Wildman–Crippen LogP) is 0.795. The van der Waals surface area contributed by atoms with Crippen molar-refractivity contribution in [1.82, 2.24) is 4.90 Å². The molecule has 0 aromatic heterocycles. The number of likely N-dealkylation sites (tertiary alicyclic amines) is 1. The van der Waals surface area contributed by atoms with Crippen LogP contribution in [-0.2, 0) is 9.59 Å². The van der Waals surface area contributed by atoms with E-state index in [2.05, 4.69) is 10.2 Å². The topological polar surface area (TPSA) is 101 Å². The summed E-state index contributed by atoms with van der Waals surface area (Å²) in [7, 11) is 0. The lowest BCUT2D eigenvalue weighted by atomic mass is 9.97. The standard InChI is InChI=1S/C15H22N4O2/c16-12-3-5-13(6-4-12)18-14(20)7-9-19-8-1-2-11(10-19)15(17)21/h3-6,11H,1-2,7-10,16H2,(H2,17,21)(H,18,20). The second-order valence-corrected chi connectivity index (χ2v) is 5.46. The Morgan fingerprint density at radius 3 is 2.67 bits per heavy atom. The van der Waals surface area contributed by atoms with Gasteiger partial charge in [0.05, 0.1) is 5.92 Å². The second kappa shape index (κ2) is 7.08. The van der Waals surface area contributed by atoms with Gasteiger partial charge in [-0.15, -0.1) is 0 Å². The average molecular weight is 290 g/mol. The Kier molecular flexibility index (Phi) is 5.16. The number of piperidine rings is 1. The van der Waals surface area contributed by atoms with E-state index in [0.29, 0.717) is 25.2 Å². The monoisotopic (exact) mass is 290 g/mol. The van der Waals surface area contributed by atoms with Crippen LogP contribution in [0.4, 0.5) is 11.4 Å². The third-order valence-electron chi connectivity index (χ3n) is 3.76. The molecule has 0 radical (unpaired) electrons. The van der Waals surface area contributed by atoms with Crippen LogP contribution in [0.2, 0.25) is 0 Å². The lowest BCUT2D eigenvalue weighted by molar-refractivity contribution is -0.123. The van der Waals surface area contributed by atoms with Gasteiger partial charge >= 0.3 is 0 Å². The van der Waals surface area contributed by atoms with Crippen LogP contribution < -0.4 is 16.8 Å². The summed E-state index contributed by atoms with van der Waals surface area (Å²) < 4.78 is 0. The maximum absolute atomic E-state index is 11.9. The Morgan fingerprint density at radius 1 is 1.29 bits per heavy atom. The van der Waals surface area contributed by atoms with Gasteiger partial charge in [-0.2, -0.15) is 0 Å². The van der Waals surface area contributed by atoms with Gasteiger partial charge in [-0.05, 0) is 43.7 Å². The molecule has 0 saturated carbocycles. The first kappa shape index (κ1) is 15.3. The Hall–Kier alpha value is -2.08. The van der Waals surface area contributed by atoms with E-state index in [-0.39, 0.29) is 17.7 Å². The van der Waals surface area contributed by atoms with Gasteiger partial charge in [0.2, 0.25) is 11.8 Å². The van der Waals surface area contributed by atoms with E-state index in [1.54, 1.807) is 24.3 Å². The number of hydrogen-bond acceptors (Lipinski definition) is 4. The van der Waals surface area contributed by atoms with Gasteiger partial charge in [-0.25, -0.2) is 0 Å². The summed E-state index contributed by atoms with van der Waals surface area (Å²) in [6.45, 7) is 2.22. The number of nitrogens with one attached hydrogen (secondary N) is 1. The van der Waals surface area contributed by atoms with E-state index in [4.69, 9.17) is 11.5 Å². The van der Waals surface area contributed by atoms with E-state index in [0.717, 1.165) is 25.1 Å². The molecule has 0 bridgehead atoms. The molecule has 1 aliphatic rings. The number of hydrogen-bond donors (Lipinski definition) is 3. The van der Waals surface area contributed by atoms with Crippen molar-refractivity contribution in [2.75, 3.05) is 30.7 Å². The molecule has 2 rings (SSSR count). The van der Waals surface area contributed by atoms with Crippen LogP contribution in [0.5, 0.6) is 0 Å². The second-order valence-electron chi connectivity index (χ2n) is 5.46. The minimum atomic E-state index is -0.244. The number of amides is 2. The molecule has 5 N–H and O–H groups in total. The van der Waals surface area contributed by atoms with Crippen molar-refractivity contribution in [3.63, 3.8) is 0 Å². The van der Waals surface area contributed by atoms with Crippen molar-refractivity contribution in [1.29, 1.82) is 0 Å². The first-order valence-electron chi connectivity index (χ1n) is 7.21. The number of rotatable bonds is 5. The number of benzene rings is 1. The number of carbonyl (C=O) groups is 2. The first-order chi connectivity index (χ1) is 10.0. The van der Waals surface area contributed by atoms with E-state index < -0.39 is 0 Å². The lowest BCUT2D eigenvalue weighted by Gasteiger charge is -2.30. The zero-order chi connectivity index (χ0) is 15.2. The van der Waals surface area contributed by atoms with Crippen LogP contribution >= 0.6 is 0 Å². The molecule has 114 valence electrons. The highest BCUT2D eigenvalue weighted by Gasteiger charge is 2.23. The van der Waals surface area contributed by atoms with Crippen molar-refractivity contribution in [2.45, 2.75) is 19.3 Å². The molecule has 1 aliphatic heterocycles. The third kappa shape index (κ3) is 4.75. The minimum Gasteiger partial charge on any atom is -0.399 e. The fourth-order valence-electron chi connectivity index (χ4n) is 2.54. The van der Waals surface area contributed by atoms with Crippen LogP contribution in [0, 0.1) is 5.92 Å². The highest BCUT2D eigenvalue weighted by atomic mass is 16.2. The van der Waals surface area contributed by atoms with Crippen LogP contribution in [0.25, 0.3) is 0 Å². The molecule has 21 heavy (non-hydrogen) atoms. The summed E-state index contributed by atoms with van der Waals surface area (Å²) >= 11 is 0. The molecular weight excluding hydrogens is 268 g/mol. The van der Waals surface area contributed by atoms with E-state index in [1.807, 2.05) is 0 Å². The maximum atomic E-state index is 11.9. The smallest absolute Gasteiger partial charge is 0.225 e. The summed E-state index contributed by atoms with van der Waals surface area (Å²) in [6.07, 6.45) is 2.20. The number of primary amides is 1. The van der Waals surface area contributed by atoms with E-state index in [1.165, 1.54) is 0 Å². The largest absolute Gasteiger partial charge is 0.399 e. The molecule has 0 spiro atoms. The van der Waals surface area contributed by atoms with E-state index >= 15 is 0 Å². The highest BCUT2D eigenvalue weighted by Crippen LogP contribution is 2.16. The van der Waals surface area contributed by atoms with Crippen molar-refractivity contribution in [3.05, 3.63) is 24.3 Å². The molecule has 1 aromatic carbocycles. The number of nitrogen functional groups attached to an aromatic ring is 1. The zero-order valence-electron chi connectivity index (χ0n) is 12.0. The Bertz CT molecular complexity index is 501. The zero-order valence-corrected chi connectivity index (χ0v) is 12.0. The van der Waals surface area contributed by atoms with Crippen LogP contribution in [0.1, 0.15) is 19.3 Å². The SMILES string of the molecule is NC(=O)C1CCCN(CCC(=O)Nc2ccc(N)cc2)C1. The Labute approximate surface area is 124 Å². The fraction of sp³-hybridized carbons (Fsp3) is 0.467. The third-order valence-corrected chi connectivity index (χ3v) is 3.76. The molecule has 1 atom stereocenters. The first-order valence-corrected chi connectivity index (χ1v) is 7.21. The summed E-state index contributed by atoms with van der Waals surface area (Å²) in [5.74, 6) is -0.370. The fourth-order valence-corrected chi connectivity index (χ4v) is 2.54. The summed E-state index contributed by atoms with van der Waals surface area (Å²) in [4.78, 5) is 25.2. The Balaban J connectivity index is 1.76. The number of nitrogens with zero attached hydrogens (tertiary/aromatic N) is 1. The quantitative estimate of drug-likeness (QED) is 0.698. The van der Waals surface area contributed by atoms with Crippen LogP contribution in [0.15, 0.2) is 24.3 Å². The van der Waals surface area contributed by atoms with Gasteiger partial charge in [-0.1, -0.05) is 0 Å². The number of nitrogens with two attached hydrogens (primary N) is 2. The maximum Gasteiger partial charge on any atom is 0.225 e. The number of anilines is 2. The lowest BCUT2D eigenvalue weighted by Crippen LogP contribution is -2.42. The van der Waals surface area contributed by atoms with Gasteiger partial charge in [0.1, 0.15) is 0 Å². The minimum absolute atomic E-state index is 0.0408. The molecule has 1 heterocycles. The molecule has 1 unspecified atom stereocenters. The van der Waals surface area contributed by atoms with Crippen molar-refractivity contribution in [3.8, 4) is 0 Å². The van der Waals surface area contributed by atoms with E-state index in [9.17, 15) is 9.59 Å².